The van der Waals surface area contributed by atoms with E-state index in [1.807, 2.05) is 47.2 Å². The van der Waals surface area contributed by atoms with Crippen LogP contribution in [0.5, 0.6) is 0 Å². The van der Waals surface area contributed by atoms with Crippen LogP contribution in [0.4, 0.5) is 0 Å². The molecule has 0 unspecified atom stereocenters. The Balaban J connectivity index is 2.53. The van der Waals surface area contributed by atoms with Crippen LogP contribution in [-0.4, -0.2) is 27.0 Å². The first-order valence-electron chi connectivity index (χ1n) is 5.66. The van der Waals surface area contributed by atoms with Gasteiger partial charge in [-0.3, -0.25) is 4.40 Å². The van der Waals surface area contributed by atoms with E-state index in [-0.39, 0.29) is 5.97 Å². The molecule has 3 rings (SSSR count). The minimum Gasteiger partial charge on any atom is -0.464 e. The maximum absolute atomic E-state index is 11.9. The Morgan fingerprint density at radius 2 is 1.94 bits per heavy atom. The number of carbonyl (C=O) groups excluding carboxylic acids is 1. The van der Waals surface area contributed by atoms with Crippen LogP contribution in [0.15, 0.2) is 24.3 Å². The number of para-hydroxylation sites is 2. The van der Waals surface area contributed by atoms with Crippen molar-refractivity contribution in [2.45, 2.75) is 6.92 Å². The third-order valence-corrected chi connectivity index (χ3v) is 3.20. The second-order valence-electron chi connectivity index (χ2n) is 4.22. The minimum atomic E-state index is -0.364. The van der Waals surface area contributed by atoms with Gasteiger partial charge in [-0.15, -0.1) is 0 Å². The second kappa shape index (κ2) is 3.60. The normalized spacial score (nSPS) is 11.3. The van der Waals surface area contributed by atoms with E-state index >= 15 is 0 Å². The van der Waals surface area contributed by atoms with E-state index in [0.717, 1.165) is 16.8 Å². The molecular formula is C13H13N3O2. The van der Waals surface area contributed by atoms with Gasteiger partial charge in [0.15, 0.2) is 5.69 Å². The van der Waals surface area contributed by atoms with E-state index < -0.39 is 0 Å². The zero-order chi connectivity index (χ0) is 12.9. The van der Waals surface area contributed by atoms with E-state index in [9.17, 15) is 4.79 Å². The molecule has 0 saturated carbocycles. The molecule has 5 nitrogen and oxygen atoms in total. The fourth-order valence-corrected chi connectivity index (χ4v) is 2.35. The predicted octanol–water partition coefficient (Wildman–Crippen LogP) is 1.92. The summed E-state index contributed by atoms with van der Waals surface area (Å²) in [5, 5.41) is 0. The number of nitrogens with zero attached hydrogens (tertiary/aromatic N) is 3. The average Bonchev–Trinajstić information content (AvgIpc) is 2.86. The topological polar surface area (TPSA) is 48.5 Å². The van der Waals surface area contributed by atoms with Crippen molar-refractivity contribution in [2.75, 3.05) is 7.11 Å². The summed E-state index contributed by atoms with van der Waals surface area (Å²) in [6.07, 6.45) is 0. The van der Waals surface area contributed by atoms with Gasteiger partial charge in [0.05, 0.1) is 23.8 Å². The molecule has 0 radical (unpaired) electrons. The molecule has 0 bridgehead atoms. The Bertz CT molecular complexity index is 767. The zero-order valence-electron chi connectivity index (χ0n) is 10.5. The van der Waals surface area contributed by atoms with Gasteiger partial charge in [0.25, 0.3) is 0 Å². The van der Waals surface area contributed by atoms with Crippen molar-refractivity contribution >= 4 is 22.8 Å². The molecular weight excluding hydrogens is 230 g/mol. The van der Waals surface area contributed by atoms with Crippen LogP contribution < -0.4 is 0 Å². The highest BCUT2D eigenvalue weighted by atomic mass is 16.5. The van der Waals surface area contributed by atoms with Crippen molar-refractivity contribution in [3.63, 3.8) is 0 Å². The lowest BCUT2D eigenvalue weighted by Crippen LogP contribution is -2.06. The van der Waals surface area contributed by atoms with Crippen molar-refractivity contribution in [1.29, 1.82) is 0 Å². The van der Waals surface area contributed by atoms with Gasteiger partial charge in [0.2, 0.25) is 5.78 Å². The summed E-state index contributed by atoms with van der Waals surface area (Å²) in [6.45, 7) is 1.81. The van der Waals surface area contributed by atoms with E-state index in [1.165, 1.54) is 7.11 Å². The van der Waals surface area contributed by atoms with Gasteiger partial charge in [-0.05, 0) is 19.1 Å². The number of hydrogen-bond donors (Lipinski definition) is 0. The number of fused-ring (bicyclic) bond motifs is 3. The summed E-state index contributed by atoms with van der Waals surface area (Å²) in [6, 6.07) is 7.88. The molecule has 0 spiro atoms. The molecule has 2 aromatic heterocycles. The van der Waals surface area contributed by atoms with Crippen molar-refractivity contribution in [3.05, 3.63) is 35.7 Å². The van der Waals surface area contributed by atoms with Gasteiger partial charge in [-0.25, -0.2) is 9.78 Å². The number of hydrogen-bond acceptors (Lipinski definition) is 3. The van der Waals surface area contributed by atoms with Crippen molar-refractivity contribution in [1.82, 2.24) is 14.0 Å². The Morgan fingerprint density at radius 3 is 2.61 bits per heavy atom. The van der Waals surface area contributed by atoms with Crippen LogP contribution in [-0.2, 0) is 11.8 Å². The van der Waals surface area contributed by atoms with Crippen LogP contribution >= 0.6 is 0 Å². The van der Waals surface area contributed by atoms with Gasteiger partial charge in [0, 0.05) is 7.05 Å². The molecule has 0 aliphatic heterocycles. The van der Waals surface area contributed by atoms with Gasteiger partial charge >= 0.3 is 5.97 Å². The van der Waals surface area contributed by atoms with Gasteiger partial charge in [-0.2, -0.15) is 0 Å². The standard InChI is InChI=1S/C13H13N3O2/c1-8-11(12(17)18-3)16-10-7-5-4-6-9(10)15(2)13(16)14-8/h4-7H,1-3H3. The third-order valence-electron chi connectivity index (χ3n) is 3.20. The molecule has 0 aliphatic carbocycles. The zero-order valence-corrected chi connectivity index (χ0v) is 10.5. The number of aryl methyl sites for hydroxylation is 2. The number of benzene rings is 1. The summed E-state index contributed by atoms with van der Waals surface area (Å²) in [5.74, 6) is 0.380. The largest absolute Gasteiger partial charge is 0.464 e. The van der Waals surface area contributed by atoms with E-state index in [4.69, 9.17) is 4.74 Å². The number of carbonyl (C=O) groups is 1. The first kappa shape index (κ1) is 10.8. The number of aromatic nitrogens is 3. The van der Waals surface area contributed by atoms with Gasteiger partial charge < -0.3 is 9.30 Å². The summed E-state index contributed by atoms with van der Waals surface area (Å²) in [7, 11) is 3.32. The summed E-state index contributed by atoms with van der Waals surface area (Å²) < 4.78 is 8.64. The Kier molecular flexibility index (Phi) is 2.16. The SMILES string of the molecule is COC(=O)c1c(C)nc2n(C)c3ccccc3n12. The number of esters is 1. The van der Waals surface area contributed by atoms with Crippen LogP contribution in [0, 0.1) is 6.92 Å². The first-order chi connectivity index (χ1) is 8.65. The molecule has 0 aliphatic rings. The van der Waals surface area contributed by atoms with E-state index in [0.29, 0.717) is 11.4 Å². The third kappa shape index (κ3) is 1.21. The highest BCUT2D eigenvalue weighted by Crippen LogP contribution is 2.23. The Hall–Kier alpha value is -2.30. The van der Waals surface area contributed by atoms with Crippen molar-refractivity contribution < 1.29 is 9.53 Å². The molecule has 18 heavy (non-hydrogen) atoms. The molecule has 0 N–H and O–H groups in total. The van der Waals surface area contributed by atoms with E-state index in [2.05, 4.69) is 4.98 Å². The quantitative estimate of drug-likeness (QED) is 0.613. The maximum Gasteiger partial charge on any atom is 0.357 e. The van der Waals surface area contributed by atoms with E-state index in [1.54, 1.807) is 0 Å². The lowest BCUT2D eigenvalue weighted by atomic mass is 10.3. The molecule has 5 heteroatoms. The second-order valence-corrected chi connectivity index (χ2v) is 4.22. The number of rotatable bonds is 1. The molecule has 92 valence electrons. The fourth-order valence-electron chi connectivity index (χ4n) is 2.35. The van der Waals surface area contributed by atoms with Crippen LogP contribution in [0.2, 0.25) is 0 Å². The van der Waals surface area contributed by atoms with Gasteiger partial charge in [-0.1, -0.05) is 12.1 Å². The summed E-state index contributed by atoms with van der Waals surface area (Å²) >= 11 is 0. The van der Waals surface area contributed by atoms with Crippen LogP contribution in [0.1, 0.15) is 16.2 Å². The number of imidazole rings is 2. The minimum absolute atomic E-state index is 0.364. The smallest absolute Gasteiger partial charge is 0.357 e. The maximum atomic E-state index is 11.9. The first-order valence-corrected chi connectivity index (χ1v) is 5.66. The van der Waals surface area contributed by atoms with Crippen molar-refractivity contribution in [2.24, 2.45) is 7.05 Å². The molecule has 2 heterocycles. The fraction of sp³-hybridized carbons (Fsp3) is 0.231. The van der Waals surface area contributed by atoms with Gasteiger partial charge in [0.1, 0.15) is 0 Å². The number of ether oxygens (including phenoxy) is 1. The molecule has 1 aromatic carbocycles. The molecule has 0 fully saturated rings. The highest BCUT2D eigenvalue weighted by molar-refractivity contribution is 5.93. The molecule has 3 aromatic rings. The lowest BCUT2D eigenvalue weighted by molar-refractivity contribution is 0.0592. The van der Waals surface area contributed by atoms with Crippen LogP contribution in [0.3, 0.4) is 0 Å². The Morgan fingerprint density at radius 1 is 1.28 bits per heavy atom. The summed E-state index contributed by atoms with van der Waals surface area (Å²) in [5.41, 5.74) is 3.16. The molecule has 0 amide bonds. The summed E-state index contributed by atoms with van der Waals surface area (Å²) in [4.78, 5) is 16.3. The Labute approximate surface area is 104 Å². The number of methoxy groups -OCH3 is 1. The molecule has 0 atom stereocenters. The average molecular weight is 243 g/mol. The van der Waals surface area contributed by atoms with Crippen molar-refractivity contribution in [3.8, 4) is 0 Å². The predicted molar refractivity (Wildman–Crippen MR) is 67.7 cm³/mol. The van der Waals surface area contributed by atoms with Crippen LogP contribution in [0.25, 0.3) is 16.8 Å². The lowest BCUT2D eigenvalue weighted by Gasteiger charge is -1.99. The molecule has 0 saturated heterocycles. The monoisotopic (exact) mass is 243 g/mol. The highest BCUT2D eigenvalue weighted by Gasteiger charge is 2.21.